The van der Waals surface area contributed by atoms with Crippen LogP contribution in [0.1, 0.15) is 18.9 Å². The Morgan fingerprint density at radius 1 is 1.00 bits per heavy atom. The van der Waals surface area contributed by atoms with Gasteiger partial charge in [0.05, 0.1) is 22.5 Å². The van der Waals surface area contributed by atoms with Crippen LogP contribution in [0.2, 0.25) is 0 Å². The summed E-state index contributed by atoms with van der Waals surface area (Å²) in [5, 5.41) is 6.33. The Morgan fingerprint density at radius 2 is 1.73 bits per heavy atom. The monoisotopic (exact) mass is 367 g/mol. The number of hydrogen-bond donors (Lipinski definition) is 0. The highest BCUT2D eigenvalue weighted by Crippen LogP contribution is 2.28. The number of carbonyl (C=O) groups excluding carboxylic acids is 1. The number of hydrazone groups is 1. The summed E-state index contributed by atoms with van der Waals surface area (Å²) in [7, 11) is -3.73. The van der Waals surface area contributed by atoms with Gasteiger partial charge in [-0.25, -0.2) is 17.4 Å². The summed E-state index contributed by atoms with van der Waals surface area (Å²) in [6, 6.07) is 13.7. The van der Waals surface area contributed by atoms with E-state index in [0.29, 0.717) is 11.2 Å². The maximum absolute atomic E-state index is 13.0. The summed E-state index contributed by atoms with van der Waals surface area (Å²) < 4.78 is 27.3. The number of fused-ring (bicyclic) bond motifs is 1. The molecular formula is C19H17N3O3S. The predicted octanol–water partition coefficient (Wildman–Crippen LogP) is 3.30. The lowest BCUT2D eigenvalue weighted by molar-refractivity contribution is -0.116. The number of benzene rings is 2. The summed E-state index contributed by atoms with van der Waals surface area (Å²) in [4.78, 5) is 12.3. The van der Waals surface area contributed by atoms with Crippen LogP contribution < -0.4 is 5.01 Å². The Hall–Kier alpha value is -2.93. The number of carbonyl (C=O) groups is 1. The molecule has 26 heavy (non-hydrogen) atoms. The van der Waals surface area contributed by atoms with Crippen LogP contribution in [0.15, 0.2) is 64.7 Å². The largest absolute Gasteiger partial charge is 0.272 e. The fourth-order valence-electron chi connectivity index (χ4n) is 3.01. The summed E-state index contributed by atoms with van der Waals surface area (Å²) in [5.41, 5.74) is 2.79. The van der Waals surface area contributed by atoms with Crippen LogP contribution in [0, 0.1) is 6.92 Å². The van der Waals surface area contributed by atoms with Crippen LogP contribution in [0.5, 0.6) is 0 Å². The van der Waals surface area contributed by atoms with E-state index in [1.165, 1.54) is 15.2 Å². The predicted molar refractivity (Wildman–Crippen MR) is 101 cm³/mol. The fraction of sp³-hybridized carbons (Fsp3) is 0.158. The lowest BCUT2D eigenvalue weighted by Gasteiger charge is -2.13. The van der Waals surface area contributed by atoms with Crippen LogP contribution in [-0.2, 0) is 14.8 Å². The molecule has 0 N–H and O–H groups in total. The van der Waals surface area contributed by atoms with Crippen LogP contribution in [0.4, 0.5) is 5.69 Å². The molecule has 132 valence electrons. The molecule has 0 spiro atoms. The molecule has 2 aromatic carbocycles. The highest BCUT2D eigenvalue weighted by molar-refractivity contribution is 7.90. The van der Waals surface area contributed by atoms with Gasteiger partial charge in [-0.15, -0.1) is 0 Å². The molecule has 0 radical (unpaired) electrons. The van der Waals surface area contributed by atoms with Crippen molar-refractivity contribution < 1.29 is 13.2 Å². The van der Waals surface area contributed by atoms with E-state index in [2.05, 4.69) is 5.10 Å². The molecule has 0 fully saturated rings. The maximum Gasteiger partial charge on any atom is 0.268 e. The molecule has 0 saturated carbocycles. The summed E-state index contributed by atoms with van der Waals surface area (Å²) in [5.74, 6) is -0.124. The van der Waals surface area contributed by atoms with Gasteiger partial charge in [0.25, 0.3) is 15.9 Å². The van der Waals surface area contributed by atoms with Gasteiger partial charge < -0.3 is 0 Å². The molecule has 0 bridgehead atoms. The standard InChI is InChI=1S/C19H17N3O3S/c1-13-3-7-17(8-4-13)26(24,25)21-10-9-15-5-6-16(12-18(15)21)22-19(23)11-14(2)20-22/h3-10,12H,11H2,1-2H3. The number of rotatable bonds is 3. The summed E-state index contributed by atoms with van der Waals surface area (Å²) >= 11 is 0. The number of nitrogens with zero attached hydrogens (tertiary/aromatic N) is 3. The second kappa shape index (κ2) is 5.81. The van der Waals surface area contributed by atoms with Crippen LogP contribution in [-0.4, -0.2) is 24.0 Å². The lowest BCUT2D eigenvalue weighted by Crippen LogP contribution is -2.19. The minimum Gasteiger partial charge on any atom is -0.272 e. The van der Waals surface area contributed by atoms with Gasteiger partial charge in [0, 0.05) is 17.3 Å². The Kier molecular flexibility index (Phi) is 3.69. The van der Waals surface area contributed by atoms with Gasteiger partial charge in [0.2, 0.25) is 0 Å². The highest BCUT2D eigenvalue weighted by Gasteiger charge is 2.24. The molecule has 1 amide bonds. The first kappa shape index (κ1) is 16.5. The number of aromatic nitrogens is 1. The zero-order chi connectivity index (χ0) is 18.5. The van der Waals surface area contributed by atoms with Gasteiger partial charge in [-0.1, -0.05) is 23.8 Å². The van der Waals surface area contributed by atoms with Crippen molar-refractivity contribution in [2.24, 2.45) is 5.10 Å². The van der Waals surface area contributed by atoms with Crippen LogP contribution in [0.25, 0.3) is 10.9 Å². The molecular weight excluding hydrogens is 350 g/mol. The minimum atomic E-state index is -3.73. The van der Waals surface area contributed by atoms with Crippen molar-refractivity contribution in [3.8, 4) is 0 Å². The Morgan fingerprint density at radius 3 is 2.38 bits per heavy atom. The van der Waals surface area contributed by atoms with Crippen molar-refractivity contribution in [1.82, 2.24) is 3.97 Å². The van der Waals surface area contributed by atoms with E-state index in [-0.39, 0.29) is 17.2 Å². The highest BCUT2D eigenvalue weighted by atomic mass is 32.2. The molecule has 3 aromatic rings. The van der Waals surface area contributed by atoms with E-state index in [1.807, 2.05) is 6.92 Å². The van der Waals surface area contributed by atoms with Crippen molar-refractivity contribution in [3.05, 3.63) is 60.3 Å². The van der Waals surface area contributed by atoms with Gasteiger partial charge in [-0.3, -0.25) is 4.79 Å². The summed E-state index contributed by atoms with van der Waals surface area (Å²) in [6.45, 7) is 3.70. The fourth-order valence-corrected chi connectivity index (χ4v) is 4.36. The van der Waals surface area contributed by atoms with E-state index in [0.717, 1.165) is 16.7 Å². The normalized spacial score (nSPS) is 14.9. The van der Waals surface area contributed by atoms with Crippen molar-refractivity contribution >= 4 is 38.2 Å². The van der Waals surface area contributed by atoms with E-state index < -0.39 is 10.0 Å². The average Bonchev–Trinajstić information content (AvgIpc) is 3.17. The molecule has 0 saturated heterocycles. The molecule has 0 aliphatic carbocycles. The van der Waals surface area contributed by atoms with E-state index >= 15 is 0 Å². The Balaban J connectivity index is 1.85. The molecule has 2 heterocycles. The quantitative estimate of drug-likeness (QED) is 0.713. The first-order valence-corrected chi connectivity index (χ1v) is 9.61. The van der Waals surface area contributed by atoms with Crippen molar-refractivity contribution in [2.75, 3.05) is 5.01 Å². The number of aryl methyl sites for hydroxylation is 1. The Labute approximate surface area is 151 Å². The second-order valence-electron chi connectivity index (χ2n) is 6.39. The topological polar surface area (TPSA) is 71.7 Å². The van der Waals surface area contributed by atoms with Gasteiger partial charge >= 0.3 is 0 Å². The molecule has 7 heteroatoms. The molecule has 1 aromatic heterocycles. The molecule has 6 nitrogen and oxygen atoms in total. The average molecular weight is 367 g/mol. The van der Waals surface area contributed by atoms with Gasteiger partial charge in [-0.2, -0.15) is 5.10 Å². The van der Waals surface area contributed by atoms with Crippen LogP contribution in [0.3, 0.4) is 0 Å². The first-order chi connectivity index (χ1) is 12.4. The second-order valence-corrected chi connectivity index (χ2v) is 8.21. The molecule has 1 aliphatic rings. The third-order valence-electron chi connectivity index (χ3n) is 4.38. The molecule has 0 unspecified atom stereocenters. The van der Waals surface area contributed by atoms with Gasteiger partial charge in [0.1, 0.15) is 0 Å². The van der Waals surface area contributed by atoms with Gasteiger partial charge in [0.15, 0.2) is 0 Å². The van der Waals surface area contributed by atoms with Gasteiger partial charge in [-0.05, 0) is 44.2 Å². The SMILES string of the molecule is CC1=NN(c2ccc3ccn(S(=O)(=O)c4ccc(C)cc4)c3c2)C(=O)C1. The zero-order valence-corrected chi connectivity index (χ0v) is 15.2. The van der Waals surface area contributed by atoms with Crippen molar-refractivity contribution in [2.45, 2.75) is 25.2 Å². The lowest BCUT2D eigenvalue weighted by atomic mass is 10.2. The number of anilines is 1. The third kappa shape index (κ3) is 2.61. The third-order valence-corrected chi connectivity index (χ3v) is 6.08. The maximum atomic E-state index is 13.0. The zero-order valence-electron chi connectivity index (χ0n) is 14.4. The smallest absolute Gasteiger partial charge is 0.268 e. The first-order valence-electron chi connectivity index (χ1n) is 8.17. The van der Waals surface area contributed by atoms with Crippen molar-refractivity contribution in [1.29, 1.82) is 0 Å². The molecule has 0 atom stereocenters. The van der Waals surface area contributed by atoms with E-state index in [4.69, 9.17) is 0 Å². The summed E-state index contributed by atoms with van der Waals surface area (Å²) in [6.07, 6.45) is 1.81. The van der Waals surface area contributed by atoms with E-state index in [9.17, 15) is 13.2 Å². The number of amides is 1. The van der Waals surface area contributed by atoms with Crippen molar-refractivity contribution in [3.63, 3.8) is 0 Å². The van der Waals surface area contributed by atoms with Crippen LogP contribution >= 0.6 is 0 Å². The number of hydrogen-bond acceptors (Lipinski definition) is 4. The molecule has 1 aliphatic heterocycles. The Bertz CT molecular complexity index is 1160. The minimum absolute atomic E-state index is 0.124. The molecule has 4 rings (SSSR count). The van der Waals surface area contributed by atoms with E-state index in [1.54, 1.807) is 55.5 Å².